The van der Waals surface area contributed by atoms with Crippen LogP contribution in [0.5, 0.6) is 0 Å². The zero-order valence-corrected chi connectivity index (χ0v) is 46.5. The van der Waals surface area contributed by atoms with Gasteiger partial charge >= 0.3 is 11.9 Å². The van der Waals surface area contributed by atoms with Crippen molar-refractivity contribution in [2.75, 3.05) is 19.8 Å². The van der Waals surface area contributed by atoms with Gasteiger partial charge in [-0.25, -0.2) is 0 Å². The number of carbonyl (C=O) groups is 2. The summed E-state index contributed by atoms with van der Waals surface area (Å²) < 4.78 is 17.5. The van der Waals surface area contributed by atoms with Crippen molar-refractivity contribution in [3.8, 4) is 0 Å². The average Bonchev–Trinajstić information content (AvgIpc) is 3.36. The van der Waals surface area contributed by atoms with E-state index in [4.69, 9.17) is 14.2 Å². The van der Waals surface area contributed by atoms with E-state index in [2.05, 4.69) is 106 Å². The first kappa shape index (κ1) is 67.1. The van der Waals surface area contributed by atoms with Crippen molar-refractivity contribution in [3.05, 3.63) is 85.1 Å². The fourth-order valence-corrected chi connectivity index (χ4v) is 8.48. The Morgan fingerprint density at radius 3 is 1.04 bits per heavy atom. The SMILES string of the molecule is CC/C=C\C/C=C\C/C=C\CCCCCCCCCC(=O)OCC(COCCCCCCCCCCCC/C=C\CCCCCCCC)OC(=O)CCCCCCCCC/C=C\C/C=C\C/C=C\CC. The standard InChI is InChI=1S/C65H114O5/c1-4-7-10-13-16-19-22-25-28-31-32-33-36-39-42-45-48-51-54-57-60-68-61-63(70-65(67)59-56-53-50-47-44-41-38-35-30-27-24-21-18-15-12-9-6-3)62-69-64(66)58-55-52-49-46-43-40-37-34-29-26-23-20-17-14-11-8-5-2/h8-9,11-12,17-18,20-21,25-30,63H,4-7,10,13-16,19,22-24,31-62H2,1-3H3/b11-8-,12-9-,20-17-,21-18-,28-25-,29-26-,30-27-. The molecule has 0 heterocycles. The molecular weight excluding hydrogens is 861 g/mol. The van der Waals surface area contributed by atoms with Crippen LogP contribution in [0, 0.1) is 0 Å². The molecule has 70 heavy (non-hydrogen) atoms. The molecule has 404 valence electrons. The van der Waals surface area contributed by atoms with Crippen molar-refractivity contribution in [3.63, 3.8) is 0 Å². The molecule has 0 N–H and O–H groups in total. The van der Waals surface area contributed by atoms with E-state index in [1.54, 1.807) is 0 Å². The molecule has 0 radical (unpaired) electrons. The van der Waals surface area contributed by atoms with Crippen molar-refractivity contribution in [2.45, 2.75) is 297 Å². The Balaban J connectivity index is 4.29. The van der Waals surface area contributed by atoms with Gasteiger partial charge < -0.3 is 14.2 Å². The van der Waals surface area contributed by atoms with Crippen LogP contribution in [-0.4, -0.2) is 37.9 Å². The van der Waals surface area contributed by atoms with Crippen molar-refractivity contribution >= 4 is 11.9 Å². The maximum atomic E-state index is 12.9. The number of allylic oxidation sites excluding steroid dienone is 14. The third kappa shape index (κ3) is 57.7. The van der Waals surface area contributed by atoms with Crippen molar-refractivity contribution in [1.29, 1.82) is 0 Å². The molecule has 1 atom stereocenters. The molecule has 5 heteroatoms. The molecule has 5 nitrogen and oxygen atoms in total. The number of hydrogen-bond acceptors (Lipinski definition) is 5. The number of rotatable bonds is 55. The first-order valence-electron chi connectivity index (χ1n) is 30.1. The lowest BCUT2D eigenvalue weighted by atomic mass is 10.1. The smallest absolute Gasteiger partial charge is 0.306 e. The summed E-state index contributed by atoms with van der Waals surface area (Å²) in [5, 5.41) is 0. The van der Waals surface area contributed by atoms with Gasteiger partial charge in [-0.2, -0.15) is 0 Å². The summed E-state index contributed by atoms with van der Waals surface area (Å²) in [5.74, 6) is -0.413. The predicted molar refractivity (Wildman–Crippen MR) is 307 cm³/mol. The molecule has 0 aliphatic carbocycles. The maximum absolute atomic E-state index is 12.9. The van der Waals surface area contributed by atoms with Crippen LogP contribution in [0.15, 0.2) is 85.1 Å². The van der Waals surface area contributed by atoms with E-state index in [1.165, 1.54) is 154 Å². The van der Waals surface area contributed by atoms with Gasteiger partial charge in [0.2, 0.25) is 0 Å². The molecule has 0 saturated carbocycles. The number of unbranched alkanes of at least 4 members (excludes halogenated alkanes) is 30. The van der Waals surface area contributed by atoms with Crippen LogP contribution in [0.3, 0.4) is 0 Å². The summed E-state index contributed by atoms with van der Waals surface area (Å²) in [6, 6.07) is 0. The molecule has 0 saturated heterocycles. The topological polar surface area (TPSA) is 61.8 Å². The quantitative estimate of drug-likeness (QED) is 0.0345. The third-order valence-electron chi connectivity index (χ3n) is 12.9. The van der Waals surface area contributed by atoms with E-state index in [0.717, 1.165) is 103 Å². The van der Waals surface area contributed by atoms with Crippen LogP contribution >= 0.6 is 0 Å². The number of hydrogen-bond donors (Lipinski definition) is 0. The summed E-state index contributed by atoms with van der Waals surface area (Å²) in [4.78, 5) is 25.6. The highest BCUT2D eigenvalue weighted by Gasteiger charge is 2.17. The summed E-state index contributed by atoms with van der Waals surface area (Å²) >= 11 is 0. The van der Waals surface area contributed by atoms with Crippen LogP contribution in [0.2, 0.25) is 0 Å². The predicted octanol–water partition coefficient (Wildman–Crippen LogP) is 20.8. The molecule has 0 aromatic heterocycles. The highest BCUT2D eigenvalue weighted by atomic mass is 16.6. The minimum Gasteiger partial charge on any atom is -0.462 e. The van der Waals surface area contributed by atoms with Gasteiger partial charge in [-0.1, -0.05) is 254 Å². The minimum absolute atomic E-state index is 0.0735. The molecule has 0 bridgehead atoms. The number of carbonyl (C=O) groups excluding carboxylic acids is 2. The van der Waals surface area contributed by atoms with E-state index in [0.29, 0.717) is 19.4 Å². The molecule has 0 aliphatic rings. The van der Waals surface area contributed by atoms with E-state index in [-0.39, 0.29) is 25.2 Å². The molecule has 0 rings (SSSR count). The Labute approximate surface area is 435 Å². The summed E-state index contributed by atoms with van der Waals surface area (Å²) in [6.45, 7) is 7.61. The molecule has 0 aromatic carbocycles. The van der Waals surface area contributed by atoms with E-state index < -0.39 is 6.10 Å². The van der Waals surface area contributed by atoms with Gasteiger partial charge in [-0.3, -0.25) is 9.59 Å². The molecule has 0 amide bonds. The highest BCUT2D eigenvalue weighted by molar-refractivity contribution is 5.70. The fraction of sp³-hybridized carbons (Fsp3) is 0.754. The monoisotopic (exact) mass is 975 g/mol. The van der Waals surface area contributed by atoms with Gasteiger partial charge in [0.15, 0.2) is 6.10 Å². The molecule has 0 aliphatic heterocycles. The summed E-state index contributed by atoms with van der Waals surface area (Å²) in [5.41, 5.74) is 0. The van der Waals surface area contributed by atoms with Crippen LogP contribution < -0.4 is 0 Å². The minimum atomic E-state index is -0.551. The van der Waals surface area contributed by atoms with Gasteiger partial charge in [0.25, 0.3) is 0 Å². The van der Waals surface area contributed by atoms with Gasteiger partial charge in [-0.05, 0) is 109 Å². The first-order valence-corrected chi connectivity index (χ1v) is 30.1. The lowest BCUT2D eigenvalue weighted by Gasteiger charge is -2.18. The fourth-order valence-electron chi connectivity index (χ4n) is 8.48. The van der Waals surface area contributed by atoms with Crippen LogP contribution in [0.25, 0.3) is 0 Å². The van der Waals surface area contributed by atoms with Gasteiger partial charge in [0.1, 0.15) is 6.61 Å². The second-order valence-electron chi connectivity index (χ2n) is 19.8. The van der Waals surface area contributed by atoms with E-state index in [1.807, 2.05) is 0 Å². The molecular formula is C65H114O5. The largest absolute Gasteiger partial charge is 0.462 e. The zero-order chi connectivity index (χ0) is 50.6. The van der Waals surface area contributed by atoms with Crippen molar-refractivity contribution in [1.82, 2.24) is 0 Å². The van der Waals surface area contributed by atoms with Crippen LogP contribution in [0.1, 0.15) is 290 Å². The maximum Gasteiger partial charge on any atom is 0.306 e. The Kier molecular flexibility index (Phi) is 57.9. The lowest BCUT2D eigenvalue weighted by molar-refractivity contribution is -0.163. The summed E-state index contributed by atoms with van der Waals surface area (Å²) in [6.07, 6.45) is 80.4. The third-order valence-corrected chi connectivity index (χ3v) is 12.9. The number of esters is 2. The second kappa shape index (κ2) is 60.4. The Hall–Kier alpha value is -2.92. The van der Waals surface area contributed by atoms with Crippen LogP contribution in [-0.2, 0) is 23.8 Å². The number of ether oxygens (including phenoxy) is 3. The van der Waals surface area contributed by atoms with Gasteiger partial charge in [-0.15, -0.1) is 0 Å². The Morgan fingerprint density at radius 1 is 0.329 bits per heavy atom. The van der Waals surface area contributed by atoms with Crippen LogP contribution in [0.4, 0.5) is 0 Å². The molecule has 0 fully saturated rings. The van der Waals surface area contributed by atoms with Crippen molar-refractivity contribution < 1.29 is 23.8 Å². The molecule has 0 spiro atoms. The van der Waals surface area contributed by atoms with E-state index >= 15 is 0 Å². The first-order chi connectivity index (χ1) is 34.6. The van der Waals surface area contributed by atoms with Gasteiger partial charge in [0.05, 0.1) is 6.61 Å². The Morgan fingerprint density at radius 2 is 0.643 bits per heavy atom. The molecule has 1 unspecified atom stereocenters. The highest BCUT2D eigenvalue weighted by Crippen LogP contribution is 2.15. The zero-order valence-electron chi connectivity index (χ0n) is 46.5. The summed E-state index contributed by atoms with van der Waals surface area (Å²) in [7, 11) is 0. The Bertz CT molecular complexity index is 1290. The molecule has 0 aromatic rings. The average molecular weight is 976 g/mol. The lowest BCUT2D eigenvalue weighted by Crippen LogP contribution is -2.30. The normalized spacial score (nSPS) is 12.8. The van der Waals surface area contributed by atoms with Gasteiger partial charge in [0, 0.05) is 19.4 Å². The van der Waals surface area contributed by atoms with E-state index in [9.17, 15) is 9.59 Å². The van der Waals surface area contributed by atoms with Crippen molar-refractivity contribution in [2.24, 2.45) is 0 Å². The second-order valence-corrected chi connectivity index (χ2v) is 19.8.